The van der Waals surface area contributed by atoms with E-state index in [0.29, 0.717) is 23.7 Å². The third kappa shape index (κ3) is 2.89. The average Bonchev–Trinajstić information content (AvgIpc) is 3.21. The van der Waals surface area contributed by atoms with Gasteiger partial charge in [-0.15, -0.1) is 0 Å². The van der Waals surface area contributed by atoms with Gasteiger partial charge in [0.25, 0.3) is 5.91 Å². The van der Waals surface area contributed by atoms with Crippen LogP contribution in [0.25, 0.3) is 5.69 Å². The number of aromatic nitrogens is 2. The Kier molecular flexibility index (Phi) is 4.57. The molecule has 1 aromatic carbocycles. The van der Waals surface area contributed by atoms with E-state index in [1.165, 1.54) is 0 Å². The second-order valence-electron chi connectivity index (χ2n) is 5.80. The summed E-state index contributed by atoms with van der Waals surface area (Å²) in [6.07, 6.45) is 1.49. The molecular formula is C17H19ClN4O2. The van der Waals surface area contributed by atoms with E-state index in [1.54, 1.807) is 28.8 Å². The summed E-state index contributed by atoms with van der Waals surface area (Å²) >= 11 is 6.22. The fourth-order valence-corrected chi connectivity index (χ4v) is 3.26. The number of hydrogen-bond acceptors (Lipinski definition) is 3. The Bertz CT molecular complexity index is 787. The highest BCUT2D eigenvalue weighted by atomic mass is 35.5. The molecule has 1 aromatic heterocycles. The van der Waals surface area contributed by atoms with Crippen LogP contribution in [0.4, 0.5) is 0 Å². The Labute approximate surface area is 145 Å². The van der Waals surface area contributed by atoms with Crippen LogP contribution in [0.5, 0.6) is 0 Å². The molecule has 1 saturated heterocycles. The van der Waals surface area contributed by atoms with E-state index >= 15 is 0 Å². The zero-order valence-electron chi connectivity index (χ0n) is 13.6. The molecule has 6 nitrogen and oxygen atoms in total. The number of para-hydroxylation sites is 1. The summed E-state index contributed by atoms with van der Waals surface area (Å²) in [7, 11) is 1.58. The molecule has 2 heterocycles. The lowest BCUT2D eigenvalue weighted by molar-refractivity contribution is -0.124. The molecule has 0 saturated carbocycles. The number of hydrogen-bond donors (Lipinski definition) is 1. The van der Waals surface area contributed by atoms with Crippen LogP contribution in [0.3, 0.4) is 0 Å². The van der Waals surface area contributed by atoms with Crippen molar-refractivity contribution in [3.05, 3.63) is 46.7 Å². The molecule has 126 valence electrons. The van der Waals surface area contributed by atoms with Gasteiger partial charge in [-0.3, -0.25) is 9.59 Å². The normalized spacial score (nSPS) is 17.1. The van der Waals surface area contributed by atoms with E-state index in [-0.39, 0.29) is 11.8 Å². The molecule has 1 atom stereocenters. The van der Waals surface area contributed by atoms with Crippen molar-refractivity contribution >= 4 is 23.4 Å². The number of carbonyl (C=O) groups is 2. The highest BCUT2D eigenvalue weighted by Gasteiger charge is 2.35. The van der Waals surface area contributed by atoms with Crippen molar-refractivity contribution in [3.8, 4) is 5.69 Å². The van der Waals surface area contributed by atoms with Crippen molar-refractivity contribution in [3.63, 3.8) is 0 Å². The summed E-state index contributed by atoms with van der Waals surface area (Å²) in [5.41, 5.74) is 1.85. The summed E-state index contributed by atoms with van der Waals surface area (Å²) in [5, 5.41) is 7.59. The molecule has 0 unspecified atom stereocenters. The van der Waals surface area contributed by atoms with E-state index in [1.807, 2.05) is 25.1 Å². The van der Waals surface area contributed by atoms with Crippen LogP contribution in [-0.2, 0) is 4.79 Å². The number of benzene rings is 1. The van der Waals surface area contributed by atoms with E-state index in [2.05, 4.69) is 10.4 Å². The Balaban J connectivity index is 1.91. The summed E-state index contributed by atoms with van der Waals surface area (Å²) in [4.78, 5) is 26.3. The minimum absolute atomic E-state index is 0.136. The van der Waals surface area contributed by atoms with Crippen molar-refractivity contribution in [1.29, 1.82) is 0 Å². The van der Waals surface area contributed by atoms with Crippen LogP contribution >= 0.6 is 11.6 Å². The average molecular weight is 347 g/mol. The number of likely N-dealkylation sites (N-methyl/N-ethyl adjacent to an activating group) is 1. The molecule has 0 bridgehead atoms. The van der Waals surface area contributed by atoms with E-state index in [9.17, 15) is 9.59 Å². The van der Waals surface area contributed by atoms with Crippen molar-refractivity contribution < 1.29 is 9.59 Å². The van der Waals surface area contributed by atoms with Crippen LogP contribution in [0.1, 0.15) is 29.0 Å². The van der Waals surface area contributed by atoms with Crippen molar-refractivity contribution in [2.24, 2.45) is 0 Å². The smallest absolute Gasteiger partial charge is 0.275 e. The Hall–Kier alpha value is -2.34. The van der Waals surface area contributed by atoms with Gasteiger partial charge in [-0.1, -0.05) is 23.7 Å². The topological polar surface area (TPSA) is 67.2 Å². The minimum atomic E-state index is -0.423. The molecule has 3 rings (SSSR count). The maximum atomic E-state index is 12.8. The molecule has 2 amide bonds. The van der Waals surface area contributed by atoms with Gasteiger partial charge in [-0.05, 0) is 38.0 Å². The first kappa shape index (κ1) is 16.5. The van der Waals surface area contributed by atoms with Crippen LogP contribution in [-0.4, -0.2) is 46.1 Å². The van der Waals surface area contributed by atoms with Gasteiger partial charge in [0.1, 0.15) is 6.04 Å². The number of nitrogens with zero attached hydrogens (tertiary/aromatic N) is 3. The van der Waals surface area contributed by atoms with E-state index in [0.717, 1.165) is 17.8 Å². The minimum Gasteiger partial charge on any atom is -0.357 e. The summed E-state index contributed by atoms with van der Waals surface area (Å²) in [5.74, 6) is -0.363. The zero-order valence-corrected chi connectivity index (χ0v) is 14.4. The summed E-state index contributed by atoms with van der Waals surface area (Å²) in [6.45, 7) is 2.43. The second kappa shape index (κ2) is 6.65. The number of likely N-dealkylation sites (tertiary alicyclic amines) is 1. The van der Waals surface area contributed by atoms with Crippen molar-refractivity contribution in [1.82, 2.24) is 20.0 Å². The summed E-state index contributed by atoms with van der Waals surface area (Å²) in [6, 6.07) is 8.64. The first-order valence-corrected chi connectivity index (χ1v) is 8.25. The molecule has 1 fully saturated rings. The molecule has 7 heteroatoms. The number of carbonyl (C=O) groups excluding carboxylic acids is 2. The monoisotopic (exact) mass is 346 g/mol. The lowest BCUT2D eigenvalue weighted by Gasteiger charge is -2.22. The maximum Gasteiger partial charge on any atom is 0.275 e. The highest BCUT2D eigenvalue weighted by molar-refractivity contribution is 6.32. The lowest BCUT2D eigenvalue weighted by atomic mass is 10.2. The van der Waals surface area contributed by atoms with E-state index in [4.69, 9.17) is 11.6 Å². The van der Waals surface area contributed by atoms with Gasteiger partial charge >= 0.3 is 0 Å². The van der Waals surface area contributed by atoms with Gasteiger partial charge in [0.05, 0.1) is 10.7 Å². The Morgan fingerprint density at radius 1 is 1.33 bits per heavy atom. The van der Waals surface area contributed by atoms with Crippen LogP contribution in [0.15, 0.2) is 30.3 Å². The molecule has 1 aliphatic heterocycles. The van der Waals surface area contributed by atoms with Crippen LogP contribution < -0.4 is 5.32 Å². The molecule has 1 N–H and O–H groups in total. The predicted molar refractivity (Wildman–Crippen MR) is 91.4 cm³/mol. The number of aryl methyl sites for hydroxylation is 1. The lowest BCUT2D eigenvalue weighted by Crippen LogP contribution is -2.45. The number of amides is 2. The highest BCUT2D eigenvalue weighted by Crippen LogP contribution is 2.23. The first-order valence-electron chi connectivity index (χ1n) is 7.87. The van der Waals surface area contributed by atoms with Gasteiger partial charge in [0.2, 0.25) is 5.91 Å². The third-order valence-corrected chi connectivity index (χ3v) is 4.57. The molecule has 2 aromatic rings. The van der Waals surface area contributed by atoms with Crippen LogP contribution in [0.2, 0.25) is 5.02 Å². The predicted octanol–water partition coefficient (Wildman–Crippen LogP) is 2.18. The van der Waals surface area contributed by atoms with Gasteiger partial charge in [0.15, 0.2) is 5.69 Å². The zero-order chi connectivity index (χ0) is 17.3. The van der Waals surface area contributed by atoms with E-state index < -0.39 is 6.04 Å². The quantitative estimate of drug-likeness (QED) is 0.926. The van der Waals surface area contributed by atoms with Gasteiger partial charge in [0, 0.05) is 19.3 Å². The Morgan fingerprint density at radius 3 is 2.79 bits per heavy atom. The van der Waals surface area contributed by atoms with Crippen molar-refractivity contribution in [2.75, 3.05) is 13.6 Å². The standard InChI is InChI=1S/C17H19ClN4O2/c1-11-10-13(20-22(11)14-7-4-3-6-12(14)18)17(24)21-9-5-8-15(21)16(23)19-2/h3-4,6-7,10,15H,5,8-9H2,1-2H3,(H,19,23)/t15-/m1/s1. The van der Waals surface area contributed by atoms with Gasteiger partial charge < -0.3 is 10.2 Å². The molecule has 0 radical (unpaired) electrons. The van der Waals surface area contributed by atoms with Crippen molar-refractivity contribution in [2.45, 2.75) is 25.8 Å². The fraction of sp³-hybridized carbons (Fsp3) is 0.353. The summed E-state index contributed by atoms with van der Waals surface area (Å²) < 4.78 is 1.65. The molecule has 0 aliphatic carbocycles. The molecule has 1 aliphatic rings. The molecule has 24 heavy (non-hydrogen) atoms. The fourth-order valence-electron chi connectivity index (χ4n) is 3.04. The SMILES string of the molecule is CNC(=O)[C@H]1CCCN1C(=O)c1cc(C)n(-c2ccccc2Cl)n1. The first-order chi connectivity index (χ1) is 11.5. The number of rotatable bonds is 3. The number of halogens is 1. The molecule has 0 spiro atoms. The van der Waals surface area contributed by atoms with Crippen LogP contribution in [0, 0.1) is 6.92 Å². The van der Waals surface area contributed by atoms with Gasteiger partial charge in [-0.2, -0.15) is 5.10 Å². The number of nitrogens with one attached hydrogen (secondary N) is 1. The second-order valence-corrected chi connectivity index (χ2v) is 6.21. The molecular weight excluding hydrogens is 328 g/mol. The third-order valence-electron chi connectivity index (χ3n) is 4.25. The largest absolute Gasteiger partial charge is 0.357 e. The van der Waals surface area contributed by atoms with Gasteiger partial charge in [-0.25, -0.2) is 4.68 Å². The Morgan fingerprint density at radius 2 is 2.08 bits per heavy atom. The maximum absolute atomic E-state index is 12.8.